The van der Waals surface area contributed by atoms with Crippen molar-refractivity contribution in [2.75, 3.05) is 17.1 Å². The number of carbonyl (C=O) groups is 2. The number of aryl methyl sites for hydroxylation is 1. The van der Waals surface area contributed by atoms with Crippen LogP contribution in [0.4, 0.5) is 5.69 Å². The van der Waals surface area contributed by atoms with E-state index in [1.807, 2.05) is 89.2 Å². The molecule has 0 heterocycles. The summed E-state index contributed by atoms with van der Waals surface area (Å²) in [6.45, 7) is 9.52. The van der Waals surface area contributed by atoms with E-state index in [1.165, 1.54) is 4.90 Å². The molecule has 9 heteroatoms. The molecule has 0 fully saturated rings. The zero-order valence-electron chi connectivity index (χ0n) is 24.8. The Morgan fingerprint density at radius 3 is 2.12 bits per heavy atom. The third kappa shape index (κ3) is 9.63. The number of anilines is 1. The first-order chi connectivity index (χ1) is 19.3. The number of benzene rings is 3. The van der Waals surface area contributed by atoms with Gasteiger partial charge in [-0.25, -0.2) is 8.42 Å². The summed E-state index contributed by atoms with van der Waals surface area (Å²) < 4.78 is 32.7. The largest absolute Gasteiger partial charge is 0.489 e. The van der Waals surface area contributed by atoms with Crippen molar-refractivity contribution in [3.63, 3.8) is 0 Å². The Morgan fingerprint density at radius 2 is 1.56 bits per heavy atom. The molecule has 41 heavy (non-hydrogen) atoms. The van der Waals surface area contributed by atoms with E-state index in [0.717, 1.165) is 27.3 Å². The highest BCUT2D eigenvalue weighted by Gasteiger charge is 2.33. The molecule has 1 atom stereocenters. The van der Waals surface area contributed by atoms with Gasteiger partial charge >= 0.3 is 0 Å². The van der Waals surface area contributed by atoms with E-state index in [-0.39, 0.29) is 12.5 Å². The van der Waals surface area contributed by atoms with Crippen LogP contribution >= 0.6 is 0 Å². The first kappa shape index (κ1) is 31.7. The maximum atomic E-state index is 13.9. The summed E-state index contributed by atoms with van der Waals surface area (Å²) >= 11 is 0. The molecule has 0 bridgehead atoms. The average Bonchev–Trinajstić information content (AvgIpc) is 2.89. The highest BCUT2D eigenvalue weighted by atomic mass is 32.2. The highest BCUT2D eigenvalue weighted by molar-refractivity contribution is 7.92. The number of carbonyl (C=O) groups excluding carboxylic acids is 2. The van der Waals surface area contributed by atoms with Gasteiger partial charge in [-0.05, 0) is 69.5 Å². The minimum absolute atomic E-state index is 0.167. The maximum absolute atomic E-state index is 13.9. The smallest absolute Gasteiger partial charge is 0.244 e. The molecular formula is C32H41N3O5S. The van der Waals surface area contributed by atoms with Gasteiger partial charge in [0.05, 0.1) is 11.9 Å². The minimum Gasteiger partial charge on any atom is -0.489 e. The Bertz CT molecular complexity index is 1420. The quantitative estimate of drug-likeness (QED) is 0.324. The van der Waals surface area contributed by atoms with Gasteiger partial charge in [0.2, 0.25) is 21.8 Å². The summed E-state index contributed by atoms with van der Waals surface area (Å²) in [4.78, 5) is 28.6. The summed E-state index contributed by atoms with van der Waals surface area (Å²) in [5, 5.41) is 2.97. The lowest BCUT2D eigenvalue weighted by atomic mass is 10.0. The molecule has 0 radical (unpaired) electrons. The minimum atomic E-state index is -3.83. The van der Waals surface area contributed by atoms with Crippen molar-refractivity contribution >= 4 is 27.5 Å². The second-order valence-electron chi connectivity index (χ2n) is 11.2. The van der Waals surface area contributed by atoms with E-state index < -0.39 is 34.1 Å². The Labute approximate surface area is 244 Å². The van der Waals surface area contributed by atoms with Crippen molar-refractivity contribution in [1.29, 1.82) is 0 Å². The van der Waals surface area contributed by atoms with Gasteiger partial charge in [0.1, 0.15) is 24.9 Å². The zero-order valence-corrected chi connectivity index (χ0v) is 25.6. The summed E-state index contributed by atoms with van der Waals surface area (Å²) in [5.41, 5.74) is 2.72. The number of nitrogens with zero attached hydrogens (tertiary/aromatic N) is 2. The number of nitrogens with one attached hydrogen (secondary N) is 1. The van der Waals surface area contributed by atoms with Crippen molar-refractivity contribution in [3.8, 4) is 5.75 Å². The predicted molar refractivity (Wildman–Crippen MR) is 163 cm³/mol. The lowest BCUT2D eigenvalue weighted by molar-refractivity contribution is -0.141. The number of rotatable bonds is 12. The second-order valence-corrected chi connectivity index (χ2v) is 13.1. The van der Waals surface area contributed by atoms with Crippen LogP contribution in [0.2, 0.25) is 0 Å². The molecule has 0 aliphatic heterocycles. The molecule has 8 nitrogen and oxygen atoms in total. The van der Waals surface area contributed by atoms with Gasteiger partial charge in [-0.3, -0.25) is 13.9 Å². The van der Waals surface area contributed by atoms with Crippen LogP contribution in [0, 0.1) is 6.92 Å². The van der Waals surface area contributed by atoms with Crippen LogP contribution in [0.3, 0.4) is 0 Å². The van der Waals surface area contributed by atoms with Gasteiger partial charge < -0.3 is 15.0 Å². The first-order valence-electron chi connectivity index (χ1n) is 13.7. The van der Waals surface area contributed by atoms with E-state index in [4.69, 9.17) is 4.74 Å². The van der Waals surface area contributed by atoms with Crippen molar-refractivity contribution in [1.82, 2.24) is 10.2 Å². The second kappa shape index (κ2) is 13.7. The SMILES string of the molecule is CC[C@@H](C(=O)NC(C)(C)C)N(Cc1cccc(C)c1)C(=O)CN(c1ccc(OCc2ccccc2)cc1)S(C)(=O)=O. The summed E-state index contributed by atoms with van der Waals surface area (Å²) in [5.74, 6) is -0.188. The molecule has 3 rings (SSSR count). The maximum Gasteiger partial charge on any atom is 0.244 e. The molecule has 0 aliphatic rings. The molecule has 0 aliphatic carbocycles. The number of sulfonamides is 1. The van der Waals surface area contributed by atoms with Gasteiger partial charge in [-0.1, -0.05) is 67.1 Å². The van der Waals surface area contributed by atoms with Crippen LogP contribution in [-0.4, -0.2) is 49.5 Å². The molecule has 0 saturated heterocycles. The van der Waals surface area contributed by atoms with Gasteiger partial charge in [0, 0.05) is 12.1 Å². The highest BCUT2D eigenvalue weighted by Crippen LogP contribution is 2.24. The first-order valence-corrected chi connectivity index (χ1v) is 15.5. The molecular weight excluding hydrogens is 538 g/mol. The van der Waals surface area contributed by atoms with Gasteiger partial charge in [0.15, 0.2) is 0 Å². The van der Waals surface area contributed by atoms with Crippen LogP contribution in [0.25, 0.3) is 0 Å². The van der Waals surface area contributed by atoms with Crippen LogP contribution in [0.5, 0.6) is 5.75 Å². The topological polar surface area (TPSA) is 96.0 Å². The van der Waals surface area contributed by atoms with Crippen LogP contribution in [0.15, 0.2) is 78.9 Å². The number of hydrogen-bond donors (Lipinski definition) is 1. The fourth-order valence-corrected chi connectivity index (χ4v) is 5.29. The fraction of sp³-hybridized carbons (Fsp3) is 0.375. The van der Waals surface area contributed by atoms with E-state index >= 15 is 0 Å². The fourth-order valence-electron chi connectivity index (χ4n) is 4.44. The lowest BCUT2D eigenvalue weighted by Crippen LogP contribution is -2.55. The Balaban J connectivity index is 1.87. The van der Waals surface area contributed by atoms with Crippen LogP contribution in [-0.2, 0) is 32.8 Å². The molecule has 3 aromatic rings. The van der Waals surface area contributed by atoms with Gasteiger partial charge in [0.25, 0.3) is 0 Å². The summed E-state index contributed by atoms with van der Waals surface area (Å²) in [6, 6.07) is 23.2. The summed E-state index contributed by atoms with van der Waals surface area (Å²) in [6.07, 6.45) is 1.43. The Kier molecular flexibility index (Phi) is 10.6. The molecule has 2 amide bonds. The molecule has 0 spiro atoms. The normalized spacial score (nSPS) is 12.3. The summed E-state index contributed by atoms with van der Waals surface area (Å²) in [7, 11) is -3.83. The number of ether oxygens (including phenoxy) is 1. The lowest BCUT2D eigenvalue weighted by Gasteiger charge is -2.34. The van der Waals surface area contributed by atoms with Crippen LogP contribution < -0.4 is 14.4 Å². The van der Waals surface area contributed by atoms with E-state index in [2.05, 4.69) is 5.32 Å². The molecule has 3 aromatic carbocycles. The molecule has 0 saturated carbocycles. The van der Waals surface area contributed by atoms with E-state index in [9.17, 15) is 18.0 Å². The molecule has 0 aromatic heterocycles. The van der Waals surface area contributed by atoms with Crippen molar-refractivity contribution in [2.45, 2.75) is 65.8 Å². The van der Waals surface area contributed by atoms with E-state index in [1.54, 1.807) is 24.3 Å². The monoisotopic (exact) mass is 579 g/mol. The van der Waals surface area contributed by atoms with Crippen molar-refractivity contribution in [3.05, 3.63) is 95.6 Å². The van der Waals surface area contributed by atoms with Gasteiger partial charge in [-0.15, -0.1) is 0 Å². The van der Waals surface area contributed by atoms with Crippen molar-refractivity contribution in [2.24, 2.45) is 0 Å². The molecule has 0 unspecified atom stereocenters. The number of amides is 2. The standard InChI is InChI=1S/C32H41N3O5S/c1-7-29(31(37)33-32(3,4)5)34(21-26-15-11-12-24(2)20-26)30(36)22-35(41(6,38)39)27-16-18-28(19-17-27)40-23-25-13-9-8-10-14-25/h8-20,29H,7,21-23H2,1-6H3,(H,33,37)/t29-/m0/s1. The van der Waals surface area contributed by atoms with Crippen LogP contribution in [0.1, 0.15) is 50.8 Å². The zero-order chi connectivity index (χ0) is 30.2. The third-order valence-corrected chi connectivity index (χ3v) is 7.51. The molecule has 1 N–H and O–H groups in total. The van der Waals surface area contributed by atoms with Crippen molar-refractivity contribution < 1.29 is 22.7 Å². The number of hydrogen-bond acceptors (Lipinski definition) is 5. The molecule has 220 valence electrons. The van der Waals surface area contributed by atoms with E-state index in [0.29, 0.717) is 24.5 Å². The third-order valence-electron chi connectivity index (χ3n) is 6.37. The Morgan fingerprint density at radius 1 is 0.927 bits per heavy atom. The van der Waals surface area contributed by atoms with Gasteiger partial charge in [-0.2, -0.15) is 0 Å². The predicted octanol–water partition coefficient (Wildman–Crippen LogP) is 5.06. The average molecular weight is 580 g/mol. The Hall–Kier alpha value is -3.85.